The second kappa shape index (κ2) is 6.83. The van der Waals surface area contributed by atoms with Crippen molar-refractivity contribution in [3.8, 4) is 0 Å². The number of nitrogens with zero attached hydrogens (tertiary/aromatic N) is 1. The zero-order valence-electron chi connectivity index (χ0n) is 10.3. The van der Waals surface area contributed by atoms with E-state index in [4.69, 9.17) is 5.11 Å². The molecule has 0 spiro atoms. The number of methoxy groups -OCH3 is 1. The molecule has 0 aromatic carbocycles. The smallest absolute Gasteiger partial charge is 0.328 e. The number of carbonyl (C=O) groups is 3. The first-order valence-corrected chi connectivity index (χ1v) is 5.90. The molecule has 1 atom stereocenters. The van der Waals surface area contributed by atoms with Gasteiger partial charge in [0.25, 0.3) is 0 Å². The average Bonchev–Trinajstić information content (AvgIpc) is 2.82. The van der Waals surface area contributed by atoms with E-state index in [1.54, 1.807) is 0 Å². The first-order chi connectivity index (χ1) is 8.56. The van der Waals surface area contributed by atoms with Gasteiger partial charge < -0.3 is 20.1 Å². The van der Waals surface area contributed by atoms with Gasteiger partial charge in [0.15, 0.2) is 0 Å². The summed E-state index contributed by atoms with van der Waals surface area (Å²) in [7, 11) is 1.30. The number of carboxylic acid groups (broad SMARTS) is 1. The largest absolute Gasteiger partial charge is 0.481 e. The molecule has 1 fully saturated rings. The summed E-state index contributed by atoms with van der Waals surface area (Å²) in [6, 6.07) is -0.859. The molecule has 1 saturated heterocycles. The molecule has 1 aliphatic rings. The third-order valence-corrected chi connectivity index (χ3v) is 2.83. The maximum Gasteiger partial charge on any atom is 0.328 e. The van der Waals surface area contributed by atoms with Gasteiger partial charge in [-0.25, -0.2) is 9.59 Å². The molecule has 1 aliphatic heterocycles. The normalized spacial score (nSPS) is 18.5. The van der Waals surface area contributed by atoms with Crippen molar-refractivity contribution >= 4 is 18.0 Å². The summed E-state index contributed by atoms with van der Waals surface area (Å²) in [6.45, 7) is 0.806. The number of amides is 2. The first-order valence-electron chi connectivity index (χ1n) is 5.90. The third kappa shape index (κ3) is 3.90. The molecule has 1 rings (SSSR count). The Balaban J connectivity index is 2.36. The van der Waals surface area contributed by atoms with Crippen molar-refractivity contribution in [3.63, 3.8) is 0 Å². The maximum atomic E-state index is 11.8. The van der Waals surface area contributed by atoms with Crippen LogP contribution in [-0.2, 0) is 14.3 Å². The number of nitrogens with one attached hydrogen (secondary N) is 1. The van der Waals surface area contributed by atoms with E-state index >= 15 is 0 Å². The van der Waals surface area contributed by atoms with Crippen LogP contribution in [0.4, 0.5) is 4.79 Å². The van der Waals surface area contributed by atoms with Crippen molar-refractivity contribution in [1.82, 2.24) is 10.2 Å². The van der Waals surface area contributed by atoms with Crippen LogP contribution >= 0.6 is 0 Å². The molecular formula is C11H18N2O5. The first kappa shape index (κ1) is 14.3. The second-order valence-electron chi connectivity index (χ2n) is 4.10. The quantitative estimate of drug-likeness (QED) is 0.542. The van der Waals surface area contributed by atoms with Gasteiger partial charge in [-0.3, -0.25) is 4.79 Å². The van der Waals surface area contributed by atoms with E-state index in [0.29, 0.717) is 19.4 Å². The predicted octanol–water partition coefficient (Wildman–Crippen LogP) is 0.198. The van der Waals surface area contributed by atoms with Crippen molar-refractivity contribution in [2.45, 2.75) is 31.7 Å². The lowest BCUT2D eigenvalue weighted by molar-refractivity contribution is -0.145. The van der Waals surface area contributed by atoms with Gasteiger partial charge in [0.2, 0.25) is 0 Å². The van der Waals surface area contributed by atoms with Gasteiger partial charge in [-0.15, -0.1) is 0 Å². The number of urea groups is 1. The number of hydrogen-bond acceptors (Lipinski definition) is 4. The number of ether oxygens (including phenoxy) is 1. The number of esters is 1. The Morgan fingerprint density at radius 3 is 2.78 bits per heavy atom. The van der Waals surface area contributed by atoms with Crippen molar-refractivity contribution in [2.24, 2.45) is 0 Å². The standard InChI is InChI=1S/C11H18N2O5/c1-18-10(16)8-4-3-7-13(8)11(17)12-6-2-5-9(14)15/h8H,2-7H2,1H3,(H,12,17)(H,14,15). The second-order valence-corrected chi connectivity index (χ2v) is 4.10. The molecule has 18 heavy (non-hydrogen) atoms. The summed E-state index contributed by atoms with van der Waals surface area (Å²) in [4.78, 5) is 34.9. The van der Waals surface area contributed by atoms with Crippen LogP contribution in [0.2, 0.25) is 0 Å². The number of aliphatic carboxylic acids is 1. The van der Waals surface area contributed by atoms with Gasteiger partial charge in [-0.05, 0) is 19.3 Å². The van der Waals surface area contributed by atoms with Crippen molar-refractivity contribution in [2.75, 3.05) is 20.2 Å². The highest BCUT2D eigenvalue weighted by Gasteiger charge is 2.34. The molecule has 2 amide bonds. The highest BCUT2D eigenvalue weighted by Crippen LogP contribution is 2.18. The SMILES string of the molecule is COC(=O)C1CCCN1C(=O)NCCCC(=O)O. The number of carbonyl (C=O) groups excluding carboxylic acids is 2. The summed E-state index contributed by atoms with van der Waals surface area (Å²) in [5.74, 6) is -1.30. The fourth-order valence-corrected chi connectivity index (χ4v) is 1.93. The van der Waals surface area contributed by atoms with Crippen LogP contribution in [0, 0.1) is 0 Å². The molecule has 0 bridgehead atoms. The van der Waals surface area contributed by atoms with Crippen LogP contribution in [0.5, 0.6) is 0 Å². The lowest BCUT2D eigenvalue weighted by Gasteiger charge is -2.22. The monoisotopic (exact) mass is 258 g/mol. The number of hydrogen-bond donors (Lipinski definition) is 2. The predicted molar refractivity (Wildman–Crippen MR) is 62.0 cm³/mol. The van der Waals surface area contributed by atoms with Crippen LogP contribution in [0.3, 0.4) is 0 Å². The summed E-state index contributed by atoms with van der Waals surface area (Å²) in [6.07, 6.45) is 1.76. The zero-order valence-corrected chi connectivity index (χ0v) is 10.3. The van der Waals surface area contributed by atoms with Gasteiger partial charge in [0.05, 0.1) is 7.11 Å². The van der Waals surface area contributed by atoms with Gasteiger partial charge >= 0.3 is 18.0 Å². The van der Waals surface area contributed by atoms with Crippen molar-refractivity contribution < 1.29 is 24.2 Å². The van der Waals surface area contributed by atoms with E-state index in [-0.39, 0.29) is 19.0 Å². The highest BCUT2D eigenvalue weighted by molar-refractivity contribution is 5.84. The molecule has 0 saturated carbocycles. The molecule has 2 N–H and O–H groups in total. The Morgan fingerprint density at radius 2 is 2.17 bits per heavy atom. The Hall–Kier alpha value is -1.79. The molecule has 7 nitrogen and oxygen atoms in total. The van der Waals surface area contributed by atoms with Gasteiger partial charge in [0, 0.05) is 19.5 Å². The van der Waals surface area contributed by atoms with Crippen molar-refractivity contribution in [1.29, 1.82) is 0 Å². The van der Waals surface area contributed by atoms with Crippen LogP contribution < -0.4 is 5.32 Å². The minimum Gasteiger partial charge on any atom is -0.481 e. The van der Waals surface area contributed by atoms with Crippen LogP contribution in [0.15, 0.2) is 0 Å². The summed E-state index contributed by atoms with van der Waals surface area (Å²) in [5.41, 5.74) is 0. The third-order valence-electron chi connectivity index (χ3n) is 2.83. The van der Waals surface area contributed by atoms with Gasteiger partial charge in [0.1, 0.15) is 6.04 Å². The van der Waals surface area contributed by atoms with Crippen molar-refractivity contribution in [3.05, 3.63) is 0 Å². The summed E-state index contributed by atoms with van der Waals surface area (Å²) >= 11 is 0. The molecule has 0 aromatic rings. The molecule has 1 heterocycles. The topological polar surface area (TPSA) is 95.9 Å². The highest BCUT2D eigenvalue weighted by atomic mass is 16.5. The lowest BCUT2D eigenvalue weighted by Crippen LogP contribution is -2.46. The van der Waals surface area contributed by atoms with E-state index in [0.717, 1.165) is 6.42 Å². The fraction of sp³-hybridized carbons (Fsp3) is 0.727. The number of carboxylic acids is 1. The fourth-order valence-electron chi connectivity index (χ4n) is 1.93. The van der Waals surface area contributed by atoms with Crippen LogP contribution in [0.25, 0.3) is 0 Å². The summed E-state index contributed by atoms with van der Waals surface area (Å²) in [5, 5.41) is 11.1. The Kier molecular flexibility index (Phi) is 5.41. The number of rotatable bonds is 5. The molecule has 7 heteroatoms. The van der Waals surface area contributed by atoms with Gasteiger partial charge in [-0.2, -0.15) is 0 Å². The molecule has 0 aliphatic carbocycles. The lowest BCUT2D eigenvalue weighted by atomic mass is 10.2. The molecule has 0 aromatic heterocycles. The zero-order chi connectivity index (χ0) is 13.5. The summed E-state index contributed by atoms with van der Waals surface area (Å²) < 4.78 is 4.63. The Morgan fingerprint density at radius 1 is 1.44 bits per heavy atom. The Bertz CT molecular complexity index is 331. The van der Waals surface area contributed by atoms with E-state index in [9.17, 15) is 14.4 Å². The number of likely N-dealkylation sites (tertiary alicyclic amines) is 1. The van der Waals surface area contributed by atoms with E-state index < -0.39 is 18.0 Å². The van der Waals surface area contributed by atoms with Crippen LogP contribution in [0.1, 0.15) is 25.7 Å². The average molecular weight is 258 g/mol. The Labute approximate surface area is 105 Å². The maximum absolute atomic E-state index is 11.8. The minimum atomic E-state index is -0.891. The van der Waals surface area contributed by atoms with E-state index in [1.807, 2.05) is 0 Å². The minimum absolute atomic E-state index is 0.0146. The molecular weight excluding hydrogens is 240 g/mol. The molecule has 1 unspecified atom stereocenters. The van der Waals surface area contributed by atoms with Gasteiger partial charge in [-0.1, -0.05) is 0 Å². The van der Waals surface area contributed by atoms with E-state index in [1.165, 1.54) is 12.0 Å². The molecule has 0 radical (unpaired) electrons. The molecule has 102 valence electrons. The van der Waals surface area contributed by atoms with Crippen LogP contribution in [-0.4, -0.2) is 54.2 Å². The van der Waals surface area contributed by atoms with E-state index in [2.05, 4.69) is 10.1 Å².